The second-order valence-electron chi connectivity index (χ2n) is 16.7. The highest BCUT2D eigenvalue weighted by Crippen LogP contribution is 2.52. The van der Waals surface area contributed by atoms with Gasteiger partial charge in [-0.3, -0.25) is 0 Å². The second-order valence-corrected chi connectivity index (χ2v) is 16.7. The van der Waals surface area contributed by atoms with Crippen LogP contribution in [-0.4, -0.2) is 9.13 Å². The van der Waals surface area contributed by atoms with Gasteiger partial charge < -0.3 is 14.0 Å². The Hall–Kier alpha value is -8.38. The van der Waals surface area contributed by atoms with Crippen LogP contribution in [0.2, 0.25) is 0 Å². The number of hydrogen-bond acceptors (Lipinski definition) is 2. The number of nitriles is 1. The Morgan fingerprint density at radius 2 is 1.13 bits per heavy atom. The largest absolute Gasteiger partial charge is 0.319 e. The molecule has 0 spiro atoms. The lowest BCUT2D eigenvalue weighted by atomic mass is 9.82. The van der Waals surface area contributed by atoms with Crippen LogP contribution in [-0.2, 0) is 5.41 Å². The zero-order valence-electron chi connectivity index (χ0n) is 34.1. The first-order valence-corrected chi connectivity index (χ1v) is 20.9. The van der Waals surface area contributed by atoms with Crippen LogP contribution in [0.25, 0.3) is 81.7 Å². The molecule has 1 aliphatic carbocycles. The summed E-state index contributed by atoms with van der Waals surface area (Å²) in [7, 11) is 0. The summed E-state index contributed by atoms with van der Waals surface area (Å²) in [6, 6.07) is 68.5. The van der Waals surface area contributed by atoms with E-state index < -0.39 is 0 Å². The summed E-state index contributed by atoms with van der Waals surface area (Å²) < 4.78 is 4.39. The number of fused-ring (bicyclic) bond motifs is 11. The maximum atomic E-state index is 11.2. The zero-order valence-corrected chi connectivity index (χ0v) is 34.1. The third-order valence-electron chi connectivity index (χ3n) is 13.1. The summed E-state index contributed by atoms with van der Waals surface area (Å²) in [6.45, 7) is 13.3. The fourth-order valence-electron chi connectivity index (χ4n) is 10.3. The van der Waals surface area contributed by atoms with Crippen molar-refractivity contribution in [3.05, 3.63) is 216 Å². The minimum absolute atomic E-state index is 0.242. The van der Waals surface area contributed by atoms with Gasteiger partial charge in [-0.05, 0) is 112 Å². The van der Waals surface area contributed by atoms with Gasteiger partial charge in [-0.1, -0.05) is 123 Å². The summed E-state index contributed by atoms with van der Waals surface area (Å²) in [5.74, 6) is 0. The van der Waals surface area contributed by atoms with Gasteiger partial charge in [-0.15, -0.1) is 0 Å². The van der Waals surface area contributed by atoms with Crippen molar-refractivity contribution < 1.29 is 0 Å². The molecule has 1 aliphatic rings. The normalized spacial score (nSPS) is 12.8. The molecular formula is C57H37N5. The van der Waals surface area contributed by atoms with Crippen LogP contribution in [0.1, 0.15) is 30.5 Å². The molecule has 0 bridgehead atoms. The van der Waals surface area contributed by atoms with Crippen molar-refractivity contribution in [1.29, 1.82) is 5.26 Å². The van der Waals surface area contributed by atoms with Gasteiger partial charge >= 0.3 is 0 Å². The molecule has 0 fully saturated rings. The van der Waals surface area contributed by atoms with Crippen LogP contribution < -0.4 is 4.90 Å². The van der Waals surface area contributed by atoms with E-state index in [1.54, 1.807) is 0 Å². The molecule has 0 aliphatic heterocycles. The van der Waals surface area contributed by atoms with Crippen molar-refractivity contribution in [3.8, 4) is 28.6 Å². The Morgan fingerprint density at radius 3 is 1.89 bits per heavy atom. The Labute approximate surface area is 359 Å². The van der Waals surface area contributed by atoms with E-state index in [2.05, 4.69) is 197 Å². The molecule has 12 rings (SSSR count). The van der Waals surface area contributed by atoms with Gasteiger partial charge in [0.1, 0.15) is 6.07 Å². The Morgan fingerprint density at radius 1 is 0.500 bits per heavy atom. The summed E-state index contributed by atoms with van der Waals surface area (Å²) in [5, 5.41) is 17.9. The maximum Gasteiger partial charge on any atom is 0.212 e. The number of anilines is 3. The van der Waals surface area contributed by atoms with Gasteiger partial charge in [-0.2, -0.15) is 5.26 Å². The highest BCUT2D eigenvalue weighted by molar-refractivity contribution is 6.21. The summed E-state index contributed by atoms with van der Waals surface area (Å²) in [6.07, 6.45) is 0. The number of rotatable bonds is 5. The minimum Gasteiger partial charge on any atom is -0.319 e. The maximum absolute atomic E-state index is 11.2. The van der Waals surface area contributed by atoms with E-state index >= 15 is 0 Å². The first-order valence-electron chi connectivity index (χ1n) is 20.9. The van der Waals surface area contributed by atoms with Crippen molar-refractivity contribution in [2.75, 3.05) is 4.90 Å². The molecule has 0 amide bonds. The van der Waals surface area contributed by atoms with E-state index in [-0.39, 0.29) is 5.41 Å². The number of aromatic nitrogens is 2. The first-order chi connectivity index (χ1) is 30.4. The van der Waals surface area contributed by atoms with Crippen LogP contribution >= 0.6 is 0 Å². The summed E-state index contributed by atoms with van der Waals surface area (Å²) in [4.78, 5) is 6.51. The molecule has 62 heavy (non-hydrogen) atoms. The van der Waals surface area contributed by atoms with Crippen LogP contribution in [0, 0.1) is 17.9 Å². The predicted octanol–water partition coefficient (Wildman–Crippen LogP) is 15.2. The lowest BCUT2D eigenvalue weighted by molar-refractivity contribution is 0.661. The fraction of sp³-hybridized carbons (Fsp3) is 0.0526. The molecule has 0 unspecified atom stereocenters. The third-order valence-corrected chi connectivity index (χ3v) is 13.1. The van der Waals surface area contributed by atoms with Crippen LogP contribution in [0.15, 0.2) is 188 Å². The number of benzene rings is 9. The van der Waals surface area contributed by atoms with Crippen LogP contribution in [0.5, 0.6) is 0 Å². The molecule has 5 heteroatoms. The van der Waals surface area contributed by atoms with Crippen molar-refractivity contribution in [2.45, 2.75) is 19.3 Å². The molecule has 11 aromatic rings. The summed E-state index contributed by atoms with van der Waals surface area (Å²) >= 11 is 0. The monoisotopic (exact) mass is 791 g/mol. The lowest BCUT2D eigenvalue weighted by Gasteiger charge is -2.25. The van der Waals surface area contributed by atoms with E-state index in [4.69, 9.17) is 6.57 Å². The lowest BCUT2D eigenvalue weighted by Crippen LogP contribution is -2.15. The SMILES string of the molecule is [C-]#[N+]c1cc(-n2c3ccc(N(c4ccccc4)c4ccccc4)cc3c3cc4c(cc32)C(C)(C)c2ccccc2-4)c(C#N)cc1-n1c2ccccc2c2c3ccccc3ccc21. The van der Waals surface area contributed by atoms with Crippen LogP contribution in [0.4, 0.5) is 22.7 Å². The van der Waals surface area contributed by atoms with Crippen molar-refractivity contribution in [2.24, 2.45) is 0 Å². The van der Waals surface area contributed by atoms with E-state index in [9.17, 15) is 5.26 Å². The molecule has 5 nitrogen and oxygen atoms in total. The average Bonchev–Trinajstić information content (AvgIpc) is 3.91. The highest BCUT2D eigenvalue weighted by atomic mass is 15.1. The van der Waals surface area contributed by atoms with Gasteiger partial charge in [0.15, 0.2) is 0 Å². The van der Waals surface area contributed by atoms with E-state index in [0.717, 1.165) is 71.4 Å². The third kappa shape index (κ3) is 5.00. The zero-order chi connectivity index (χ0) is 41.7. The molecule has 0 atom stereocenters. The first kappa shape index (κ1) is 35.6. The molecule has 290 valence electrons. The van der Waals surface area contributed by atoms with E-state index in [1.807, 2.05) is 30.3 Å². The molecule has 2 aromatic heterocycles. The van der Waals surface area contributed by atoms with E-state index in [0.29, 0.717) is 22.6 Å². The van der Waals surface area contributed by atoms with Gasteiger partial charge in [0.05, 0.1) is 45.6 Å². The standard InChI is InChI=1S/C57H37N5/c1-57(2)47-24-14-12-22-42(47)44-32-46-45-31-40(60(38-17-6-4-7-18-38)39-19-8-5-9-20-39)27-29-51(45)62(54(46)33-48(44)57)53-34-49(59-3)55(30-37(53)35-58)61-50-25-15-13-23-43(50)56-41-21-11-10-16-36(41)26-28-52(56)61/h4-34H,1-2H3. The van der Waals surface area contributed by atoms with Crippen molar-refractivity contribution in [3.63, 3.8) is 0 Å². The topological polar surface area (TPSA) is 41.2 Å². The Kier molecular flexibility index (Phi) is 7.64. The quantitative estimate of drug-likeness (QED) is 0.163. The molecule has 0 saturated carbocycles. The highest BCUT2D eigenvalue weighted by Gasteiger charge is 2.36. The van der Waals surface area contributed by atoms with Gasteiger partial charge in [0, 0.05) is 44.0 Å². The molecule has 0 radical (unpaired) electrons. The Bertz CT molecular complexity index is 3700. The molecular weight excluding hydrogens is 755 g/mol. The van der Waals surface area contributed by atoms with E-state index in [1.165, 1.54) is 22.3 Å². The second kappa shape index (κ2) is 13.3. The van der Waals surface area contributed by atoms with Crippen molar-refractivity contribution in [1.82, 2.24) is 9.13 Å². The molecule has 9 aromatic carbocycles. The Balaban J connectivity index is 1.15. The summed E-state index contributed by atoms with van der Waals surface area (Å²) in [5.41, 5.74) is 14.2. The van der Waals surface area contributed by atoms with Gasteiger partial charge in [0.25, 0.3) is 0 Å². The molecule has 0 saturated heterocycles. The van der Waals surface area contributed by atoms with Gasteiger partial charge in [0.2, 0.25) is 5.69 Å². The van der Waals surface area contributed by atoms with Crippen molar-refractivity contribution >= 4 is 77.1 Å². The molecule has 2 heterocycles. The van der Waals surface area contributed by atoms with Gasteiger partial charge in [-0.25, -0.2) is 4.85 Å². The predicted molar refractivity (Wildman–Crippen MR) is 256 cm³/mol. The fourth-order valence-corrected chi connectivity index (χ4v) is 10.3. The average molecular weight is 792 g/mol. The van der Waals surface area contributed by atoms with Crippen LogP contribution in [0.3, 0.4) is 0 Å². The molecule has 0 N–H and O–H groups in total. The number of para-hydroxylation sites is 3. The number of hydrogen-bond donors (Lipinski definition) is 0. The number of nitrogens with zero attached hydrogens (tertiary/aromatic N) is 5. The smallest absolute Gasteiger partial charge is 0.212 e. The minimum atomic E-state index is -0.242.